The summed E-state index contributed by atoms with van der Waals surface area (Å²) in [5.74, 6) is -0.0528. The second-order valence-corrected chi connectivity index (χ2v) is 7.17. The molecule has 0 unspecified atom stereocenters. The van der Waals surface area contributed by atoms with Crippen LogP contribution in [0.1, 0.15) is 67.3 Å². The number of hydrogen-bond acceptors (Lipinski definition) is 5. The fourth-order valence-electron chi connectivity index (χ4n) is 2.78. The maximum Gasteiger partial charge on any atom is 0.273 e. The van der Waals surface area contributed by atoms with Gasteiger partial charge in [-0.2, -0.15) is 0 Å². The normalized spacial score (nSPS) is 10.8. The third-order valence-electron chi connectivity index (χ3n) is 4.24. The Morgan fingerprint density at radius 2 is 1.93 bits per heavy atom. The minimum absolute atomic E-state index is 0.0182. The topological polar surface area (TPSA) is 98.1 Å². The van der Waals surface area contributed by atoms with Gasteiger partial charge in [0.25, 0.3) is 11.8 Å². The number of hydrogen-bond donors (Lipinski definition) is 2. The van der Waals surface area contributed by atoms with E-state index in [0.717, 1.165) is 19.3 Å². The molecule has 0 aliphatic carbocycles. The van der Waals surface area contributed by atoms with Crippen molar-refractivity contribution in [2.24, 2.45) is 0 Å². The van der Waals surface area contributed by atoms with Gasteiger partial charge in [0.05, 0.1) is 19.5 Å². The van der Waals surface area contributed by atoms with Gasteiger partial charge in [-0.3, -0.25) is 14.0 Å². The number of carbonyl (C=O) groups is 2. The molecule has 1 aromatic heterocycles. The van der Waals surface area contributed by atoms with Crippen LogP contribution in [-0.4, -0.2) is 52.7 Å². The Labute approximate surface area is 176 Å². The molecule has 164 valence electrons. The van der Waals surface area contributed by atoms with Crippen LogP contribution in [0.3, 0.4) is 0 Å². The van der Waals surface area contributed by atoms with Crippen LogP contribution < -0.4 is 15.4 Å². The van der Waals surface area contributed by atoms with E-state index in [4.69, 9.17) is 4.74 Å². The van der Waals surface area contributed by atoms with Gasteiger partial charge in [-0.1, -0.05) is 11.6 Å². The van der Waals surface area contributed by atoms with E-state index in [1.165, 1.54) is 10.9 Å². The molecule has 0 atom stereocenters. The van der Waals surface area contributed by atoms with Gasteiger partial charge in [0.15, 0.2) is 5.69 Å². The fraction of sp³-hybridized carbons (Fsp3) is 0.524. The molecule has 0 fully saturated rings. The van der Waals surface area contributed by atoms with E-state index in [1.54, 1.807) is 18.2 Å². The van der Waals surface area contributed by atoms with E-state index >= 15 is 0 Å². The Bertz CT molecular complexity index is 838. The van der Waals surface area contributed by atoms with Crippen molar-refractivity contribution >= 4 is 11.8 Å². The fourth-order valence-corrected chi connectivity index (χ4v) is 2.78. The summed E-state index contributed by atoms with van der Waals surface area (Å²) in [4.78, 5) is 24.4. The monoisotopic (exact) mass is 419 g/mol. The van der Waals surface area contributed by atoms with Crippen LogP contribution in [0.25, 0.3) is 5.69 Å². The highest BCUT2D eigenvalue weighted by molar-refractivity contribution is 5.95. The molecule has 0 saturated carbocycles. The van der Waals surface area contributed by atoms with Gasteiger partial charge in [-0.15, -0.1) is 5.10 Å². The quantitative estimate of drug-likeness (QED) is 0.515. The summed E-state index contributed by atoms with van der Waals surface area (Å²) in [6.07, 6.45) is 4.51. The lowest BCUT2D eigenvalue weighted by Gasteiger charge is -2.13. The molecule has 2 N–H and O–H groups in total. The van der Waals surface area contributed by atoms with Gasteiger partial charge in [0.1, 0.15) is 11.4 Å². The van der Waals surface area contributed by atoms with Crippen molar-refractivity contribution in [1.29, 1.82) is 0 Å². The number of alkyl halides is 1. The standard InChI is InChI=1S/C21H30FN5O3/c1-4-23-20(28)16-9-10-18(19(13-16)30-12-8-6-5-7-11-22)27-14-17(25-26-27)21(29)24-15(2)3/h9-10,13-15H,4-8,11-12H2,1-3H3,(H,23,28)(H,24,29). The zero-order valence-electron chi connectivity index (χ0n) is 17.8. The predicted molar refractivity (Wildman–Crippen MR) is 112 cm³/mol. The number of aromatic nitrogens is 3. The van der Waals surface area contributed by atoms with E-state index in [9.17, 15) is 14.0 Å². The molecule has 2 amide bonds. The minimum atomic E-state index is -0.314. The predicted octanol–water partition coefficient (Wildman–Crippen LogP) is 3.06. The SMILES string of the molecule is CCNC(=O)c1ccc(-n2cc(C(=O)NC(C)C)nn2)c(OCCCCCCF)c1. The highest BCUT2D eigenvalue weighted by atomic mass is 19.1. The van der Waals surface area contributed by atoms with Crippen LogP contribution in [0.5, 0.6) is 5.75 Å². The Morgan fingerprint density at radius 1 is 1.17 bits per heavy atom. The number of carbonyl (C=O) groups excluding carboxylic acids is 2. The number of unbranched alkanes of at least 4 members (excludes halogenated alkanes) is 3. The molecule has 0 spiro atoms. The molecule has 9 heteroatoms. The zero-order valence-corrected chi connectivity index (χ0v) is 17.8. The van der Waals surface area contributed by atoms with Crippen molar-refractivity contribution in [3.8, 4) is 11.4 Å². The van der Waals surface area contributed by atoms with Crippen LogP contribution in [0.2, 0.25) is 0 Å². The molecule has 1 aromatic carbocycles. The first-order valence-corrected chi connectivity index (χ1v) is 10.3. The molecule has 2 rings (SSSR count). The van der Waals surface area contributed by atoms with Gasteiger partial charge in [0.2, 0.25) is 0 Å². The zero-order chi connectivity index (χ0) is 21.9. The Hall–Kier alpha value is -2.97. The Morgan fingerprint density at radius 3 is 2.63 bits per heavy atom. The van der Waals surface area contributed by atoms with Crippen molar-refractivity contribution < 1.29 is 18.7 Å². The summed E-state index contributed by atoms with van der Waals surface area (Å²) in [6, 6.07) is 5.01. The molecule has 0 aliphatic rings. The van der Waals surface area contributed by atoms with E-state index in [0.29, 0.717) is 36.6 Å². The molecule has 0 aliphatic heterocycles. The summed E-state index contributed by atoms with van der Waals surface area (Å²) in [5.41, 5.74) is 1.22. The summed E-state index contributed by atoms with van der Waals surface area (Å²) in [6.45, 7) is 6.21. The second kappa shape index (κ2) is 11.9. The summed E-state index contributed by atoms with van der Waals surface area (Å²) in [5, 5.41) is 13.5. The third kappa shape index (κ3) is 6.82. The van der Waals surface area contributed by atoms with Crippen molar-refractivity contribution in [3.05, 3.63) is 35.7 Å². The van der Waals surface area contributed by atoms with Crippen molar-refractivity contribution in [2.75, 3.05) is 19.8 Å². The first kappa shape index (κ1) is 23.3. The average Bonchev–Trinajstić information content (AvgIpc) is 3.20. The van der Waals surface area contributed by atoms with Crippen LogP contribution in [0.4, 0.5) is 4.39 Å². The van der Waals surface area contributed by atoms with Gasteiger partial charge in [-0.05, 0) is 58.2 Å². The van der Waals surface area contributed by atoms with Crippen LogP contribution in [-0.2, 0) is 0 Å². The van der Waals surface area contributed by atoms with Crippen molar-refractivity contribution in [2.45, 2.75) is 52.5 Å². The van der Waals surface area contributed by atoms with Gasteiger partial charge < -0.3 is 15.4 Å². The van der Waals surface area contributed by atoms with Crippen molar-refractivity contribution in [3.63, 3.8) is 0 Å². The summed E-state index contributed by atoms with van der Waals surface area (Å²) >= 11 is 0. The lowest BCUT2D eigenvalue weighted by molar-refractivity contribution is 0.0934. The van der Waals surface area contributed by atoms with Gasteiger partial charge in [0, 0.05) is 18.2 Å². The van der Waals surface area contributed by atoms with Crippen LogP contribution in [0.15, 0.2) is 24.4 Å². The van der Waals surface area contributed by atoms with E-state index in [-0.39, 0.29) is 30.2 Å². The number of amides is 2. The van der Waals surface area contributed by atoms with Crippen molar-refractivity contribution in [1.82, 2.24) is 25.6 Å². The summed E-state index contributed by atoms with van der Waals surface area (Å²) < 4.78 is 19.6. The highest BCUT2D eigenvalue weighted by Crippen LogP contribution is 2.25. The second-order valence-electron chi connectivity index (χ2n) is 7.17. The summed E-state index contributed by atoms with van der Waals surface area (Å²) in [7, 11) is 0. The smallest absolute Gasteiger partial charge is 0.273 e. The number of rotatable bonds is 12. The average molecular weight is 420 g/mol. The van der Waals surface area contributed by atoms with Gasteiger partial charge >= 0.3 is 0 Å². The number of benzene rings is 1. The molecule has 1 heterocycles. The van der Waals surface area contributed by atoms with Crippen LogP contribution >= 0.6 is 0 Å². The number of ether oxygens (including phenoxy) is 1. The Kier molecular flexibility index (Phi) is 9.24. The molecule has 2 aromatic rings. The molecule has 30 heavy (non-hydrogen) atoms. The van der Waals surface area contributed by atoms with E-state index < -0.39 is 0 Å². The largest absolute Gasteiger partial charge is 0.491 e. The lowest BCUT2D eigenvalue weighted by atomic mass is 10.1. The maximum absolute atomic E-state index is 12.2. The molecule has 0 bridgehead atoms. The lowest BCUT2D eigenvalue weighted by Crippen LogP contribution is -2.30. The maximum atomic E-state index is 12.2. The number of nitrogens with zero attached hydrogens (tertiary/aromatic N) is 3. The first-order valence-electron chi connectivity index (χ1n) is 10.3. The Balaban J connectivity index is 2.21. The van der Waals surface area contributed by atoms with E-state index in [1.807, 2.05) is 20.8 Å². The molecule has 0 saturated heterocycles. The molecule has 8 nitrogen and oxygen atoms in total. The highest BCUT2D eigenvalue weighted by Gasteiger charge is 2.16. The molecule has 0 radical (unpaired) electrons. The number of halogens is 1. The third-order valence-corrected chi connectivity index (χ3v) is 4.24. The first-order chi connectivity index (χ1) is 14.5. The van der Waals surface area contributed by atoms with Gasteiger partial charge in [-0.25, -0.2) is 4.68 Å². The van der Waals surface area contributed by atoms with Crippen LogP contribution in [0, 0.1) is 0 Å². The number of nitrogens with one attached hydrogen (secondary N) is 2. The molecular weight excluding hydrogens is 389 g/mol. The molecular formula is C21H30FN5O3. The minimum Gasteiger partial charge on any atom is -0.491 e. The van der Waals surface area contributed by atoms with E-state index in [2.05, 4.69) is 20.9 Å².